The molecule has 29 heavy (non-hydrogen) atoms. The van der Waals surface area contributed by atoms with Crippen molar-refractivity contribution in [3.63, 3.8) is 0 Å². The van der Waals surface area contributed by atoms with Crippen molar-refractivity contribution < 1.29 is 17.9 Å². The molecule has 0 saturated carbocycles. The predicted octanol–water partition coefficient (Wildman–Crippen LogP) is 3.90. The molecular formula is C19H17F3N6O. The van der Waals surface area contributed by atoms with Crippen molar-refractivity contribution in [3.05, 3.63) is 60.7 Å². The maximum absolute atomic E-state index is 12.3. The highest BCUT2D eigenvalue weighted by molar-refractivity contribution is 5.88. The summed E-state index contributed by atoms with van der Waals surface area (Å²) in [5.41, 5.74) is 2.37. The summed E-state index contributed by atoms with van der Waals surface area (Å²) < 4.78 is 42.5. The quantitative estimate of drug-likeness (QED) is 0.674. The minimum Gasteiger partial charge on any atom is -0.406 e. The lowest BCUT2D eigenvalue weighted by Crippen LogP contribution is -2.27. The number of allylic oxidation sites excluding steroid dienone is 2. The molecule has 2 aromatic heterocycles. The Balaban J connectivity index is 1.55. The van der Waals surface area contributed by atoms with Crippen LogP contribution in [0.1, 0.15) is 6.92 Å². The van der Waals surface area contributed by atoms with Gasteiger partial charge in [0.25, 0.3) is 0 Å². The van der Waals surface area contributed by atoms with Crippen molar-refractivity contribution >= 4 is 22.5 Å². The van der Waals surface area contributed by atoms with Crippen LogP contribution in [0.25, 0.3) is 11.0 Å². The molecule has 0 spiro atoms. The first-order valence-corrected chi connectivity index (χ1v) is 8.80. The monoisotopic (exact) mass is 402 g/mol. The molecular weight excluding hydrogens is 385 g/mol. The van der Waals surface area contributed by atoms with E-state index in [0.29, 0.717) is 29.1 Å². The molecule has 0 amide bonds. The van der Waals surface area contributed by atoms with Gasteiger partial charge in [-0.15, -0.1) is 13.2 Å². The van der Waals surface area contributed by atoms with Gasteiger partial charge in [0.15, 0.2) is 5.65 Å². The smallest absolute Gasteiger partial charge is 0.406 e. The van der Waals surface area contributed by atoms with Gasteiger partial charge in [-0.1, -0.05) is 6.08 Å². The number of anilines is 2. The Morgan fingerprint density at radius 3 is 2.72 bits per heavy atom. The zero-order chi connectivity index (χ0) is 20.4. The van der Waals surface area contributed by atoms with E-state index >= 15 is 0 Å². The second-order valence-electron chi connectivity index (χ2n) is 6.45. The van der Waals surface area contributed by atoms with Crippen LogP contribution < -0.4 is 15.4 Å². The molecule has 150 valence electrons. The molecule has 1 aromatic carbocycles. The number of alkyl halides is 3. The van der Waals surface area contributed by atoms with Crippen LogP contribution in [0.2, 0.25) is 0 Å². The molecule has 10 heteroatoms. The van der Waals surface area contributed by atoms with E-state index in [1.54, 1.807) is 10.9 Å². The van der Waals surface area contributed by atoms with Gasteiger partial charge in [-0.05, 0) is 49.0 Å². The van der Waals surface area contributed by atoms with Gasteiger partial charge in [0, 0.05) is 11.7 Å². The summed E-state index contributed by atoms with van der Waals surface area (Å²) in [5, 5.41) is 11.4. The average Bonchev–Trinajstić information content (AvgIpc) is 3.08. The van der Waals surface area contributed by atoms with E-state index < -0.39 is 6.36 Å². The Kier molecular flexibility index (Phi) is 4.83. The van der Waals surface area contributed by atoms with Crippen molar-refractivity contribution in [1.29, 1.82) is 0 Å². The normalized spacial score (nSPS) is 16.4. The second-order valence-corrected chi connectivity index (χ2v) is 6.45. The van der Waals surface area contributed by atoms with Crippen LogP contribution in [0.3, 0.4) is 0 Å². The first-order chi connectivity index (χ1) is 13.9. The molecule has 2 N–H and O–H groups in total. The molecule has 1 aliphatic heterocycles. The number of benzene rings is 1. The van der Waals surface area contributed by atoms with Crippen LogP contribution in [0.5, 0.6) is 5.75 Å². The standard InChI is InChI=1S/C19H17F3N6O/c1-12-13(3-2-8-23-12)10-28-18-16(9-26-28)17(24-11-25-18)27-14-4-6-15(7-5-14)29-19(20,21)22/h2-9,11-12,23H,10H2,1H3,(H,24,25,27). The Morgan fingerprint density at radius 1 is 1.21 bits per heavy atom. The van der Waals surface area contributed by atoms with Gasteiger partial charge in [0.1, 0.15) is 17.9 Å². The third-order valence-electron chi connectivity index (χ3n) is 4.43. The average molecular weight is 402 g/mol. The number of hydrogen-bond acceptors (Lipinski definition) is 6. The minimum atomic E-state index is -4.72. The molecule has 3 heterocycles. The number of nitrogens with one attached hydrogen (secondary N) is 2. The van der Waals surface area contributed by atoms with Crippen molar-refractivity contribution in [3.8, 4) is 5.75 Å². The van der Waals surface area contributed by atoms with Crippen LogP contribution in [0.15, 0.2) is 60.7 Å². The van der Waals surface area contributed by atoms with E-state index in [1.807, 2.05) is 18.4 Å². The van der Waals surface area contributed by atoms with Crippen LogP contribution in [-0.2, 0) is 6.54 Å². The number of fused-ring (bicyclic) bond motifs is 1. The van der Waals surface area contributed by atoms with Gasteiger partial charge in [-0.2, -0.15) is 5.10 Å². The lowest BCUT2D eigenvalue weighted by atomic mass is 10.1. The van der Waals surface area contributed by atoms with Gasteiger partial charge >= 0.3 is 6.36 Å². The first-order valence-electron chi connectivity index (χ1n) is 8.80. The molecule has 7 nitrogen and oxygen atoms in total. The van der Waals surface area contributed by atoms with Gasteiger partial charge in [0.05, 0.1) is 18.1 Å². The van der Waals surface area contributed by atoms with Gasteiger partial charge in [-0.25, -0.2) is 14.6 Å². The summed E-state index contributed by atoms with van der Waals surface area (Å²) in [6, 6.07) is 5.61. The topological polar surface area (TPSA) is 76.9 Å². The number of aromatic nitrogens is 4. The number of hydrogen-bond donors (Lipinski definition) is 2. The summed E-state index contributed by atoms with van der Waals surface area (Å²) in [5.74, 6) is 0.218. The first kappa shape index (κ1) is 18.8. The largest absolute Gasteiger partial charge is 0.573 e. The van der Waals surface area contributed by atoms with E-state index in [0.717, 1.165) is 5.57 Å². The highest BCUT2D eigenvalue weighted by Gasteiger charge is 2.31. The molecule has 3 aromatic rings. The van der Waals surface area contributed by atoms with Gasteiger partial charge in [0.2, 0.25) is 0 Å². The molecule has 0 bridgehead atoms. The zero-order valence-corrected chi connectivity index (χ0v) is 15.3. The second kappa shape index (κ2) is 7.46. The minimum absolute atomic E-state index is 0.191. The lowest BCUT2D eigenvalue weighted by molar-refractivity contribution is -0.274. The summed E-state index contributed by atoms with van der Waals surface area (Å²) in [6.07, 6.45) is 4.23. The van der Waals surface area contributed by atoms with E-state index in [-0.39, 0.29) is 11.8 Å². The Hall–Kier alpha value is -3.56. The number of dihydropyridines is 1. The molecule has 0 saturated heterocycles. The number of rotatable bonds is 5. The van der Waals surface area contributed by atoms with E-state index in [2.05, 4.69) is 37.4 Å². The highest BCUT2D eigenvalue weighted by atomic mass is 19.4. The molecule has 4 rings (SSSR count). The third kappa shape index (κ3) is 4.31. The number of ether oxygens (including phenoxy) is 1. The summed E-state index contributed by atoms with van der Waals surface area (Å²) in [6.45, 7) is 2.64. The maximum Gasteiger partial charge on any atom is 0.573 e. The Bertz CT molecular complexity index is 1070. The third-order valence-corrected chi connectivity index (χ3v) is 4.43. The molecule has 0 radical (unpaired) electrons. The van der Waals surface area contributed by atoms with Crippen molar-refractivity contribution in [2.75, 3.05) is 5.32 Å². The van der Waals surface area contributed by atoms with Crippen molar-refractivity contribution in [2.24, 2.45) is 0 Å². The van der Waals surface area contributed by atoms with Crippen molar-refractivity contribution in [2.45, 2.75) is 25.9 Å². The fourth-order valence-corrected chi connectivity index (χ4v) is 2.97. The zero-order valence-electron chi connectivity index (χ0n) is 15.3. The Labute approximate surface area is 163 Å². The maximum atomic E-state index is 12.3. The molecule has 0 aliphatic carbocycles. The Morgan fingerprint density at radius 2 is 2.00 bits per heavy atom. The fourth-order valence-electron chi connectivity index (χ4n) is 2.97. The van der Waals surface area contributed by atoms with E-state index in [1.165, 1.54) is 30.6 Å². The van der Waals surface area contributed by atoms with Crippen LogP contribution in [0.4, 0.5) is 24.7 Å². The fraction of sp³-hybridized carbons (Fsp3) is 0.211. The number of halogens is 3. The summed E-state index contributed by atoms with van der Waals surface area (Å²) in [7, 11) is 0. The predicted molar refractivity (Wildman–Crippen MR) is 102 cm³/mol. The lowest BCUT2D eigenvalue weighted by Gasteiger charge is -2.19. The highest BCUT2D eigenvalue weighted by Crippen LogP contribution is 2.27. The summed E-state index contributed by atoms with van der Waals surface area (Å²) >= 11 is 0. The SMILES string of the molecule is CC1NC=CC=C1Cn1ncc2c(Nc3ccc(OC(F)(F)F)cc3)ncnc21. The number of nitrogens with zero attached hydrogens (tertiary/aromatic N) is 4. The molecule has 0 fully saturated rings. The van der Waals surface area contributed by atoms with Gasteiger partial charge < -0.3 is 15.4 Å². The van der Waals surface area contributed by atoms with Crippen LogP contribution in [0, 0.1) is 0 Å². The van der Waals surface area contributed by atoms with Crippen LogP contribution in [-0.4, -0.2) is 32.2 Å². The van der Waals surface area contributed by atoms with Crippen molar-refractivity contribution in [1.82, 2.24) is 25.1 Å². The van der Waals surface area contributed by atoms with E-state index in [9.17, 15) is 13.2 Å². The molecule has 1 atom stereocenters. The van der Waals surface area contributed by atoms with Crippen LogP contribution >= 0.6 is 0 Å². The van der Waals surface area contributed by atoms with E-state index in [4.69, 9.17) is 0 Å². The van der Waals surface area contributed by atoms with Gasteiger partial charge in [-0.3, -0.25) is 0 Å². The molecule has 1 unspecified atom stereocenters. The summed E-state index contributed by atoms with van der Waals surface area (Å²) in [4.78, 5) is 8.56. The molecule has 1 aliphatic rings.